The number of aliphatic hydroxyl groups excluding tert-OH is 1. The van der Waals surface area contributed by atoms with Gasteiger partial charge >= 0.3 is 12.4 Å². The molecule has 0 spiro atoms. The molecule has 1 unspecified atom stereocenters. The van der Waals surface area contributed by atoms with Crippen molar-refractivity contribution < 1.29 is 31.4 Å². The second-order valence-corrected chi connectivity index (χ2v) is 5.20. The van der Waals surface area contributed by atoms with E-state index in [4.69, 9.17) is 5.73 Å². The van der Waals surface area contributed by atoms with Gasteiger partial charge in [-0.05, 0) is 23.6 Å². The molecule has 0 aromatic heterocycles. The molecule has 126 valence electrons. The Kier molecular flexibility index (Phi) is 5.51. The van der Waals surface area contributed by atoms with Crippen molar-refractivity contribution in [2.24, 2.45) is 11.7 Å². The number of rotatable bonds is 4. The van der Waals surface area contributed by atoms with Gasteiger partial charge < -0.3 is 10.8 Å². The van der Waals surface area contributed by atoms with E-state index in [9.17, 15) is 31.4 Å². The van der Waals surface area contributed by atoms with Gasteiger partial charge in [0.25, 0.3) is 0 Å². The number of alkyl halides is 6. The lowest BCUT2D eigenvalue weighted by Gasteiger charge is -2.27. The Morgan fingerprint density at radius 1 is 1.09 bits per heavy atom. The monoisotopic (exact) mass is 329 g/mol. The molecule has 0 fully saturated rings. The summed E-state index contributed by atoms with van der Waals surface area (Å²) in [5.74, 6) is -0.390. The van der Waals surface area contributed by atoms with Crippen LogP contribution >= 0.6 is 0 Å². The topological polar surface area (TPSA) is 46.2 Å². The first-order valence-electron chi connectivity index (χ1n) is 6.61. The first-order valence-corrected chi connectivity index (χ1v) is 6.61. The maximum atomic E-state index is 13.0. The van der Waals surface area contributed by atoms with Crippen molar-refractivity contribution in [3.05, 3.63) is 34.9 Å². The molecule has 0 amide bonds. The van der Waals surface area contributed by atoms with E-state index in [0.717, 1.165) is 0 Å². The van der Waals surface area contributed by atoms with Gasteiger partial charge in [-0.1, -0.05) is 26.3 Å². The van der Waals surface area contributed by atoms with Gasteiger partial charge in [-0.2, -0.15) is 26.3 Å². The Balaban J connectivity index is 3.36. The quantitative estimate of drug-likeness (QED) is 0.816. The molecule has 0 heterocycles. The first kappa shape index (κ1) is 18.8. The molecule has 0 aliphatic heterocycles. The third-order valence-electron chi connectivity index (χ3n) is 3.64. The highest BCUT2D eigenvalue weighted by molar-refractivity contribution is 5.38. The van der Waals surface area contributed by atoms with Crippen molar-refractivity contribution in [3.63, 3.8) is 0 Å². The second kappa shape index (κ2) is 6.45. The van der Waals surface area contributed by atoms with Crippen LogP contribution in [0, 0.1) is 5.92 Å². The van der Waals surface area contributed by atoms with Crippen LogP contribution in [0.4, 0.5) is 26.3 Å². The van der Waals surface area contributed by atoms with Gasteiger partial charge in [0.05, 0.1) is 23.3 Å². The van der Waals surface area contributed by atoms with E-state index in [0.29, 0.717) is 18.6 Å². The number of hydrogen-bond donors (Lipinski definition) is 2. The number of nitrogens with two attached hydrogens (primary N) is 1. The fourth-order valence-corrected chi connectivity index (χ4v) is 2.05. The summed E-state index contributed by atoms with van der Waals surface area (Å²) in [7, 11) is 0. The zero-order valence-electron chi connectivity index (χ0n) is 12.0. The predicted octanol–water partition coefficient (Wildman–Crippen LogP) is 4.13. The van der Waals surface area contributed by atoms with Crippen molar-refractivity contribution in [2.75, 3.05) is 0 Å². The van der Waals surface area contributed by atoms with Gasteiger partial charge in [-0.15, -0.1) is 0 Å². The predicted molar refractivity (Wildman–Crippen MR) is 68.8 cm³/mol. The van der Waals surface area contributed by atoms with Crippen LogP contribution in [0.2, 0.25) is 0 Å². The van der Waals surface area contributed by atoms with E-state index in [1.807, 2.05) is 0 Å². The van der Waals surface area contributed by atoms with Gasteiger partial charge in [-0.3, -0.25) is 0 Å². The summed E-state index contributed by atoms with van der Waals surface area (Å²) < 4.78 is 76.8. The standard InChI is InChI=1S/C14H17F6NO/c1-3-7(2)12(22)11(21)9-5-4-8(13(15,16)17)6-10(9)14(18,19)20/h4-7,11-12,22H,3,21H2,1-2H3/t7?,11-,12+/m0/s1. The Morgan fingerprint density at radius 2 is 1.64 bits per heavy atom. The molecule has 0 saturated carbocycles. The largest absolute Gasteiger partial charge is 0.416 e. The second-order valence-electron chi connectivity index (χ2n) is 5.20. The molecule has 0 saturated heterocycles. The number of halogens is 6. The average molecular weight is 329 g/mol. The van der Waals surface area contributed by atoms with Gasteiger partial charge in [0.1, 0.15) is 0 Å². The molecule has 0 aliphatic rings. The van der Waals surface area contributed by atoms with Crippen LogP contribution in [0.1, 0.15) is 43.0 Å². The summed E-state index contributed by atoms with van der Waals surface area (Å²) in [5.41, 5.74) is 2.21. The van der Waals surface area contributed by atoms with E-state index in [-0.39, 0.29) is 6.07 Å². The molecule has 0 aliphatic carbocycles. The Morgan fingerprint density at radius 3 is 2.05 bits per heavy atom. The van der Waals surface area contributed by atoms with Crippen LogP contribution in [-0.2, 0) is 12.4 Å². The van der Waals surface area contributed by atoms with Gasteiger partial charge in [0, 0.05) is 0 Å². The highest BCUT2D eigenvalue weighted by Crippen LogP contribution is 2.39. The van der Waals surface area contributed by atoms with Gasteiger partial charge in [-0.25, -0.2) is 0 Å². The van der Waals surface area contributed by atoms with E-state index in [1.165, 1.54) is 0 Å². The summed E-state index contributed by atoms with van der Waals surface area (Å²) in [6, 6.07) is -0.178. The lowest BCUT2D eigenvalue weighted by Crippen LogP contribution is -2.33. The van der Waals surface area contributed by atoms with Crippen LogP contribution in [0.15, 0.2) is 18.2 Å². The molecule has 2 nitrogen and oxygen atoms in total. The zero-order valence-corrected chi connectivity index (χ0v) is 12.0. The minimum atomic E-state index is -5.00. The Hall–Kier alpha value is -1.28. The molecule has 0 radical (unpaired) electrons. The Bertz CT molecular complexity index is 511. The van der Waals surface area contributed by atoms with E-state index >= 15 is 0 Å². The van der Waals surface area contributed by atoms with E-state index in [2.05, 4.69) is 0 Å². The summed E-state index contributed by atoms with van der Waals surface area (Å²) in [4.78, 5) is 0. The molecule has 22 heavy (non-hydrogen) atoms. The van der Waals surface area contributed by atoms with Crippen molar-refractivity contribution in [1.82, 2.24) is 0 Å². The highest BCUT2D eigenvalue weighted by Gasteiger charge is 2.40. The maximum absolute atomic E-state index is 13.0. The third kappa shape index (κ3) is 4.13. The first-order chi connectivity index (χ1) is 9.89. The minimum absolute atomic E-state index is 0.0263. The summed E-state index contributed by atoms with van der Waals surface area (Å²) in [6.45, 7) is 3.32. The number of benzene rings is 1. The van der Waals surface area contributed by atoms with Crippen LogP contribution in [0.25, 0.3) is 0 Å². The maximum Gasteiger partial charge on any atom is 0.416 e. The lowest BCUT2D eigenvalue weighted by atomic mass is 9.88. The normalized spacial score (nSPS) is 17.2. The summed E-state index contributed by atoms with van der Waals surface area (Å²) >= 11 is 0. The van der Waals surface area contributed by atoms with E-state index in [1.54, 1.807) is 13.8 Å². The molecule has 3 N–H and O–H groups in total. The van der Waals surface area contributed by atoms with Gasteiger partial charge in [0.2, 0.25) is 0 Å². The SMILES string of the molecule is CCC(C)[C@@H](O)[C@@H](N)c1ccc(C(F)(F)F)cc1C(F)(F)F. The molecule has 0 bridgehead atoms. The number of aliphatic hydroxyl groups is 1. The Labute approximate surface area is 123 Å². The van der Waals surface area contributed by atoms with Gasteiger partial charge in [0.15, 0.2) is 0 Å². The van der Waals surface area contributed by atoms with Crippen LogP contribution in [0.5, 0.6) is 0 Å². The molecule has 1 aromatic carbocycles. The highest BCUT2D eigenvalue weighted by atomic mass is 19.4. The molecule has 3 atom stereocenters. The minimum Gasteiger partial charge on any atom is -0.391 e. The van der Waals surface area contributed by atoms with Crippen LogP contribution in [0.3, 0.4) is 0 Å². The number of hydrogen-bond acceptors (Lipinski definition) is 2. The smallest absolute Gasteiger partial charge is 0.391 e. The molecule has 8 heteroatoms. The zero-order chi connectivity index (χ0) is 17.3. The average Bonchev–Trinajstić information content (AvgIpc) is 2.42. The van der Waals surface area contributed by atoms with Crippen molar-refractivity contribution >= 4 is 0 Å². The fourth-order valence-electron chi connectivity index (χ4n) is 2.05. The molecule has 1 rings (SSSR count). The lowest BCUT2D eigenvalue weighted by molar-refractivity contribution is -0.143. The third-order valence-corrected chi connectivity index (χ3v) is 3.64. The van der Waals surface area contributed by atoms with Crippen molar-refractivity contribution in [1.29, 1.82) is 0 Å². The van der Waals surface area contributed by atoms with E-state index < -0.39 is 47.1 Å². The summed E-state index contributed by atoms with van der Waals surface area (Å²) in [6.07, 6.45) is -10.7. The molecule has 1 aromatic rings. The fraction of sp³-hybridized carbons (Fsp3) is 0.571. The van der Waals surface area contributed by atoms with Crippen molar-refractivity contribution in [3.8, 4) is 0 Å². The van der Waals surface area contributed by atoms with Crippen LogP contribution < -0.4 is 5.73 Å². The van der Waals surface area contributed by atoms with Crippen molar-refractivity contribution in [2.45, 2.75) is 44.8 Å². The summed E-state index contributed by atoms with van der Waals surface area (Å²) in [5, 5.41) is 9.94. The van der Waals surface area contributed by atoms with Crippen LogP contribution in [-0.4, -0.2) is 11.2 Å². The molecular weight excluding hydrogens is 312 g/mol. The molecular formula is C14H17F6NO.